The van der Waals surface area contributed by atoms with Crippen LogP contribution in [0.4, 0.5) is 0 Å². The van der Waals surface area contributed by atoms with Crippen molar-refractivity contribution in [3.63, 3.8) is 0 Å². The fourth-order valence-electron chi connectivity index (χ4n) is 3.74. The zero-order valence-corrected chi connectivity index (χ0v) is 19.0. The molecular formula is C22H25N3OS3. The molecule has 7 heteroatoms. The number of thioether (sulfide) groups is 1. The van der Waals surface area contributed by atoms with Crippen LogP contribution in [0.2, 0.25) is 0 Å². The van der Waals surface area contributed by atoms with E-state index in [0.717, 1.165) is 40.0 Å². The van der Waals surface area contributed by atoms with E-state index in [-0.39, 0.29) is 11.9 Å². The Morgan fingerprint density at radius 1 is 1.21 bits per heavy atom. The Morgan fingerprint density at radius 3 is 2.66 bits per heavy atom. The van der Waals surface area contributed by atoms with E-state index >= 15 is 0 Å². The Labute approximate surface area is 186 Å². The van der Waals surface area contributed by atoms with Gasteiger partial charge in [-0.25, -0.2) is 5.01 Å². The van der Waals surface area contributed by atoms with Crippen molar-refractivity contribution >= 4 is 51.3 Å². The third-order valence-electron chi connectivity index (χ3n) is 5.37. The van der Waals surface area contributed by atoms with Crippen LogP contribution in [0.5, 0.6) is 0 Å². The molecular weight excluding hydrogens is 418 g/mol. The number of carbonyl (C=O) groups is 1. The van der Waals surface area contributed by atoms with Gasteiger partial charge < -0.3 is 4.90 Å². The molecule has 1 saturated heterocycles. The minimum atomic E-state index is -0.0515. The Bertz CT molecular complexity index is 887. The molecule has 2 aliphatic heterocycles. The van der Waals surface area contributed by atoms with Crippen LogP contribution < -0.4 is 0 Å². The molecule has 0 unspecified atom stereocenters. The van der Waals surface area contributed by atoms with E-state index in [4.69, 9.17) is 17.3 Å². The average molecular weight is 444 g/mol. The summed E-state index contributed by atoms with van der Waals surface area (Å²) < 4.78 is 0.839. The second-order valence-corrected chi connectivity index (χ2v) is 10.1. The predicted octanol–water partition coefficient (Wildman–Crippen LogP) is 5.24. The first-order valence-corrected chi connectivity index (χ1v) is 12.3. The summed E-state index contributed by atoms with van der Waals surface area (Å²) in [6.45, 7) is 4.10. The van der Waals surface area contributed by atoms with Crippen molar-refractivity contribution in [1.82, 2.24) is 9.91 Å². The summed E-state index contributed by atoms with van der Waals surface area (Å²) in [5.41, 5.74) is 3.33. The molecule has 1 atom stereocenters. The number of hydrogen-bond donors (Lipinski definition) is 0. The number of hydrazone groups is 1. The minimum Gasteiger partial charge on any atom is -0.358 e. The summed E-state index contributed by atoms with van der Waals surface area (Å²) in [5, 5.41) is 8.48. The largest absolute Gasteiger partial charge is 0.358 e. The van der Waals surface area contributed by atoms with E-state index in [1.54, 1.807) is 16.3 Å². The number of amides is 1. The van der Waals surface area contributed by atoms with Gasteiger partial charge in [0.15, 0.2) is 0 Å². The van der Waals surface area contributed by atoms with E-state index in [1.165, 1.54) is 36.6 Å². The molecule has 152 valence electrons. The molecule has 29 heavy (non-hydrogen) atoms. The second kappa shape index (κ2) is 9.41. The normalized spacial score (nSPS) is 19.3. The lowest BCUT2D eigenvalue weighted by molar-refractivity contribution is -0.130. The third-order valence-corrected chi connectivity index (χ3v) is 7.79. The van der Waals surface area contributed by atoms with Crippen LogP contribution in [0.3, 0.4) is 0 Å². The lowest BCUT2D eigenvalue weighted by Crippen LogP contribution is -2.34. The summed E-state index contributed by atoms with van der Waals surface area (Å²) in [4.78, 5) is 16.5. The zero-order chi connectivity index (χ0) is 20.2. The van der Waals surface area contributed by atoms with E-state index in [1.807, 2.05) is 6.07 Å². The summed E-state index contributed by atoms with van der Waals surface area (Å²) in [6.07, 6.45) is 4.39. The first kappa shape index (κ1) is 20.6. The summed E-state index contributed by atoms with van der Waals surface area (Å²) >= 11 is 8.72. The Kier molecular flexibility index (Phi) is 6.67. The third kappa shape index (κ3) is 4.90. The van der Waals surface area contributed by atoms with Crippen LogP contribution in [-0.4, -0.2) is 44.7 Å². The molecule has 0 saturated carbocycles. The van der Waals surface area contributed by atoms with Gasteiger partial charge >= 0.3 is 0 Å². The number of thiocarbonyl (C=S) groups is 1. The molecule has 0 radical (unpaired) electrons. The number of hydrogen-bond acceptors (Lipinski definition) is 5. The van der Waals surface area contributed by atoms with Crippen LogP contribution in [0, 0.1) is 6.92 Å². The lowest BCUT2D eigenvalue weighted by atomic mass is 10.00. The van der Waals surface area contributed by atoms with Crippen LogP contribution in [0.1, 0.15) is 47.7 Å². The molecule has 3 heterocycles. The summed E-state index contributed by atoms with van der Waals surface area (Å²) in [6, 6.07) is 12.5. The SMILES string of the molecule is Cc1ccc([C@H]2CC(c3cccs3)=NN2C(=O)CSC(=S)N2CCCCC2)cc1. The maximum absolute atomic E-state index is 13.1. The number of thiophene rings is 1. The van der Waals surface area contributed by atoms with Gasteiger partial charge in [0.2, 0.25) is 0 Å². The monoisotopic (exact) mass is 443 g/mol. The van der Waals surface area contributed by atoms with E-state index in [9.17, 15) is 4.79 Å². The van der Waals surface area contributed by atoms with Crippen molar-refractivity contribution in [3.05, 3.63) is 57.8 Å². The number of nitrogens with zero attached hydrogens (tertiary/aromatic N) is 3. The topological polar surface area (TPSA) is 35.9 Å². The number of aryl methyl sites for hydroxylation is 1. The molecule has 0 N–H and O–H groups in total. The van der Waals surface area contributed by atoms with Crippen molar-refractivity contribution < 1.29 is 4.79 Å². The Balaban J connectivity index is 1.48. The van der Waals surface area contributed by atoms with E-state index in [2.05, 4.69) is 47.5 Å². The van der Waals surface area contributed by atoms with Gasteiger partial charge in [-0.3, -0.25) is 4.79 Å². The number of rotatable bonds is 4. The quantitative estimate of drug-likeness (QED) is 0.606. The number of benzene rings is 1. The zero-order valence-electron chi connectivity index (χ0n) is 16.5. The molecule has 0 bridgehead atoms. The van der Waals surface area contributed by atoms with Gasteiger partial charge in [-0.1, -0.05) is 59.9 Å². The van der Waals surface area contributed by atoms with Crippen molar-refractivity contribution in [2.45, 2.75) is 38.6 Å². The van der Waals surface area contributed by atoms with E-state index in [0.29, 0.717) is 5.75 Å². The first-order chi connectivity index (χ1) is 14.1. The van der Waals surface area contributed by atoms with Gasteiger partial charge in [0.05, 0.1) is 22.4 Å². The molecule has 1 fully saturated rings. The van der Waals surface area contributed by atoms with Crippen LogP contribution in [-0.2, 0) is 4.79 Å². The molecule has 4 rings (SSSR count). The lowest BCUT2D eigenvalue weighted by Gasteiger charge is -2.29. The highest BCUT2D eigenvalue weighted by molar-refractivity contribution is 8.23. The van der Waals surface area contributed by atoms with Gasteiger partial charge in [-0.15, -0.1) is 11.3 Å². The van der Waals surface area contributed by atoms with Crippen LogP contribution in [0.25, 0.3) is 0 Å². The minimum absolute atomic E-state index is 0.0199. The van der Waals surface area contributed by atoms with Crippen molar-refractivity contribution in [3.8, 4) is 0 Å². The fraction of sp³-hybridized carbons (Fsp3) is 0.409. The molecule has 0 aliphatic carbocycles. The van der Waals surface area contributed by atoms with Crippen LogP contribution >= 0.6 is 35.3 Å². The van der Waals surface area contributed by atoms with Gasteiger partial charge in [0.25, 0.3) is 5.91 Å². The van der Waals surface area contributed by atoms with Crippen LogP contribution in [0.15, 0.2) is 46.9 Å². The van der Waals surface area contributed by atoms with Gasteiger partial charge in [-0.05, 0) is 43.2 Å². The van der Waals surface area contributed by atoms with Crippen molar-refractivity contribution in [2.75, 3.05) is 18.8 Å². The number of piperidine rings is 1. The number of carbonyl (C=O) groups excluding carboxylic acids is 1. The molecule has 1 aromatic carbocycles. The first-order valence-electron chi connectivity index (χ1n) is 10.0. The fourth-order valence-corrected chi connectivity index (χ4v) is 5.56. The molecule has 4 nitrogen and oxygen atoms in total. The molecule has 2 aliphatic rings. The Morgan fingerprint density at radius 2 is 1.97 bits per heavy atom. The summed E-state index contributed by atoms with van der Waals surface area (Å²) in [5.74, 6) is 0.352. The van der Waals surface area contributed by atoms with Gasteiger partial charge in [0, 0.05) is 19.5 Å². The van der Waals surface area contributed by atoms with E-state index < -0.39 is 0 Å². The number of likely N-dealkylation sites (tertiary alicyclic amines) is 1. The smallest absolute Gasteiger partial charge is 0.253 e. The van der Waals surface area contributed by atoms with Crippen molar-refractivity contribution in [1.29, 1.82) is 0 Å². The molecule has 0 spiro atoms. The highest BCUT2D eigenvalue weighted by Gasteiger charge is 2.33. The maximum Gasteiger partial charge on any atom is 0.253 e. The highest BCUT2D eigenvalue weighted by Crippen LogP contribution is 2.34. The maximum atomic E-state index is 13.1. The second-order valence-electron chi connectivity index (χ2n) is 7.50. The summed E-state index contributed by atoms with van der Waals surface area (Å²) in [7, 11) is 0. The van der Waals surface area contributed by atoms with Crippen molar-refractivity contribution in [2.24, 2.45) is 5.10 Å². The van der Waals surface area contributed by atoms with Gasteiger partial charge in [-0.2, -0.15) is 5.10 Å². The standard InChI is InChI=1S/C22H25N3OS3/c1-16-7-9-17(10-8-16)19-14-18(20-6-5-13-28-20)23-25(19)21(26)15-29-22(27)24-11-3-2-4-12-24/h5-10,13,19H,2-4,11-12,14-15H2,1H3/t19-/m1/s1. The average Bonchev–Trinajstić information content (AvgIpc) is 3.43. The molecule has 1 aromatic heterocycles. The predicted molar refractivity (Wildman–Crippen MR) is 127 cm³/mol. The Hall–Kier alpha value is -1.70. The van der Waals surface area contributed by atoms with Gasteiger partial charge in [0.1, 0.15) is 4.32 Å². The molecule has 2 aromatic rings. The molecule has 1 amide bonds. The highest BCUT2D eigenvalue weighted by atomic mass is 32.2.